The zero-order valence-corrected chi connectivity index (χ0v) is 18.9. The highest BCUT2D eigenvalue weighted by atomic mass is 16.4. The zero-order chi connectivity index (χ0) is 25.0. The van der Waals surface area contributed by atoms with E-state index in [-0.39, 0.29) is 31.7 Å². The second-order valence-electron chi connectivity index (χ2n) is 7.79. The first-order valence-electron chi connectivity index (χ1n) is 10.7. The van der Waals surface area contributed by atoms with E-state index in [0.29, 0.717) is 6.42 Å². The summed E-state index contributed by atoms with van der Waals surface area (Å²) >= 11 is 0. The average Bonchev–Trinajstić information content (AvgIpc) is 2.79. The van der Waals surface area contributed by atoms with Crippen molar-refractivity contribution in [3.63, 3.8) is 0 Å². The molecule has 0 fully saturated rings. The Kier molecular flexibility index (Phi) is 11.6. The topological polar surface area (TPSA) is 194 Å². The lowest BCUT2D eigenvalue weighted by Crippen LogP contribution is -2.58. The lowest BCUT2D eigenvalue weighted by molar-refractivity contribution is -0.142. The van der Waals surface area contributed by atoms with Gasteiger partial charge in [0.15, 0.2) is 0 Å². The van der Waals surface area contributed by atoms with Crippen molar-refractivity contribution >= 4 is 29.6 Å². The Hall–Kier alpha value is -3.47. The molecule has 4 amide bonds. The minimum Gasteiger partial charge on any atom is -0.480 e. The van der Waals surface area contributed by atoms with Crippen molar-refractivity contribution in [2.75, 3.05) is 6.54 Å². The van der Waals surface area contributed by atoms with Crippen LogP contribution < -0.4 is 27.4 Å². The van der Waals surface area contributed by atoms with Crippen LogP contribution >= 0.6 is 0 Å². The third kappa shape index (κ3) is 9.69. The summed E-state index contributed by atoms with van der Waals surface area (Å²) in [7, 11) is 0. The van der Waals surface area contributed by atoms with Gasteiger partial charge in [-0.2, -0.15) is 0 Å². The maximum Gasteiger partial charge on any atom is 0.326 e. The fourth-order valence-corrected chi connectivity index (χ4v) is 3.08. The van der Waals surface area contributed by atoms with E-state index in [9.17, 15) is 29.1 Å². The van der Waals surface area contributed by atoms with Gasteiger partial charge in [-0.25, -0.2) is 4.79 Å². The van der Waals surface area contributed by atoms with E-state index < -0.39 is 47.7 Å². The predicted octanol–water partition coefficient (Wildman–Crippen LogP) is -0.962. The van der Waals surface area contributed by atoms with Crippen molar-refractivity contribution in [2.24, 2.45) is 17.4 Å². The third-order valence-electron chi connectivity index (χ3n) is 5.21. The van der Waals surface area contributed by atoms with Crippen LogP contribution in [0.15, 0.2) is 30.3 Å². The van der Waals surface area contributed by atoms with Gasteiger partial charge in [-0.05, 0) is 17.9 Å². The predicted molar refractivity (Wildman–Crippen MR) is 121 cm³/mol. The van der Waals surface area contributed by atoms with Crippen molar-refractivity contribution in [1.29, 1.82) is 0 Å². The number of nitrogens with two attached hydrogens (primary N) is 2. The maximum absolute atomic E-state index is 13.0. The standard InChI is InChI=1S/C22H33N5O6/c1-3-13(2)19(27-20(30)15(9-10-17(24)28)25-18(29)12-23)21(31)26-16(22(32)33)11-14-7-5-4-6-8-14/h4-8,13,15-16,19H,3,9-12,23H2,1-2H3,(H2,24,28)(H,25,29)(H,26,31)(H,27,30)(H,32,33). The number of carboxylic acids is 1. The van der Waals surface area contributed by atoms with Gasteiger partial charge in [0.2, 0.25) is 23.6 Å². The molecule has 8 N–H and O–H groups in total. The molecule has 0 heterocycles. The number of carbonyl (C=O) groups excluding carboxylic acids is 4. The van der Waals surface area contributed by atoms with Gasteiger partial charge in [-0.3, -0.25) is 19.2 Å². The lowest BCUT2D eigenvalue weighted by Gasteiger charge is -2.27. The van der Waals surface area contributed by atoms with Crippen LogP contribution in [-0.4, -0.2) is 59.4 Å². The van der Waals surface area contributed by atoms with Crippen molar-refractivity contribution in [3.8, 4) is 0 Å². The first-order valence-corrected chi connectivity index (χ1v) is 10.7. The number of primary amides is 1. The Morgan fingerprint density at radius 1 is 0.970 bits per heavy atom. The molecule has 4 atom stereocenters. The highest BCUT2D eigenvalue weighted by Gasteiger charge is 2.32. The minimum atomic E-state index is -1.21. The first-order chi connectivity index (χ1) is 15.6. The number of nitrogens with one attached hydrogen (secondary N) is 3. The molecule has 0 aliphatic heterocycles. The first kappa shape index (κ1) is 27.6. The summed E-state index contributed by atoms with van der Waals surface area (Å²) in [5.74, 6) is -4.19. The molecule has 1 aromatic rings. The van der Waals surface area contributed by atoms with Gasteiger partial charge in [-0.15, -0.1) is 0 Å². The summed E-state index contributed by atoms with van der Waals surface area (Å²) in [6.07, 6.45) is 0.335. The average molecular weight is 464 g/mol. The second kappa shape index (κ2) is 13.8. The van der Waals surface area contributed by atoms with Gasteiger partial charge in [0.05, 0.1) is 6.54 Å². The van der Waals surface area contributed by atoms with Crippen molar-refractivity contribution < 1.29 is 29.1 Å². The fraction of sp³-hybridized carbons (Fsp3) is 0.500. The van der Waals surface area contributed by atoms with E-state index in [4.69, 9.17) is 11.5 Å². The Bertz CT molecular complexity index is 832. The smallest absolute Gasteiger partial charge is 0.326 e. The molecule has 4 unspecified atom stereocenters. The third-order valence-corrected chi connectivity index (χ3v) is 5.21. The number of rotatable bonds is 14. The zero-order valence-electron chi connectivity index (χ0n) is 18.9. The normalized spacial score (nSPS) is 14.3. The van der Waals surface area contributed by atoms with Crippen LogP contribution in [0.5, 0.6) is 0 Å². The van der Waals surface area contributed by atoms with E-state index in [2.05, 4.69) is 16.0 Å². The number of amides is 4. The molecule has 11 nitrogen and oxygen atoms in total. The van der Waals surface area contributed by atoms with Crippen LogP contribution in [0.3, 0.4) is 0 Å². The number of hydrogen-bond acceptors (Lipinski definition) is 6. The molecule has 0 spiro atoms. The van der Waals surface area contributed by atoms with Crippen LogP contribution in [-0.2, 0) is 30.4 Å². The monoisotopic (exact) mass is 463 g/mol. The van der Waals surface area contributed by atoms with Gasteiger partial charge in [0.1, 0.15) is 18.1 Å². The fourth-order valence-electron chi connectivity index (χ4n) is 3.08. The molecule has 1 rings (SSSR count). The van der Waals surface area contributed by atoms with Crippen LogP contribution in [0.1, 0.15) is 38.7 Å². The Balaban J connectivity index is 2.99. The van der Waals surface area contributed by atoms with Gasteiger partial charge in [0.25, 0.3) is 0 Å². The number of aliphatic carboxylic acids is 1. The molecule has 1 aromatic carbocycles. The molecule has 33 heavy (non-hydrogen) atoms. The van der Waals surface area contributed by atoms with E-state index in [0.717, 1.165) is 5.56 Å². The Morgan fingerprint density at radius 3 is 2.12 bits per heavy atom. The van der Waals surface area contributed by atoms with Gasteiger partial charge in [0, 0.05) is 12.8 Å². The van der Waals surface area contributed by atoms with Crippen molar-refractivity contribution in [2.45, 2.75) is 57.7 Å². The quantitative estimate of drug-likeness (QED) is 0.204. The molecular formula is C22H33N5O6. The lowest BCUT2D eigenvalue weighted by atomic mass is 9.96. The largest absolute Gasteiger partial charge is 0.480 e. The van der Waals surface area contributed by atoms with Crippen LogP contribution in [0.4, 0.5) is 0 Å². The summed E-state index contributed by atoms with van der Waals surface area (Å²) in [6, 6.07) is 5.42. The summed E-state index contributed by atoms with van der Waals surface area (Å²) in [5, 5.41) is 17.0. The van der Waals surface area contributed by atoms with Crippen LogP contribution in [0.25, 0.3) is 0 Å². The minimum absolute atomic E-state index is 0.0663. The maximum atomic E-state index is 13.0. The molecule has 0 saturated carbocycles. The van der Waals surface area contributed by atoms with Crippen molar-refractivity contribution in [1.82, 2.24) is 16.0 Å². The molecular weight excluding hydrogens is 430 g/mol. The van der Waals surface area contributed by atoms with E-state index >= 15 is 0 Å². The summed E-state index contributed by atoms with van der Waals surface area (Å²) in [5.41, 5.74) is 11.2. The van der Waals surface area contributed by atoms with Gasteiger partial charge < -0.3 is 32.5 Å². The van der Waals surface area contributed by atoms with Gasteiger partial charge in [-0.1, -0.05) is 50.6 Å². The number of carboxylic acid groups (broad SMARTS) is 1. The molecule has 11 heteroatoms. The number of carbonyl (C=O) groups is 5. The summed E-state index contributed by atoms with van der Waals surface area (Å²) in [6.45, 7) is 3.18. The van der Waals surface area contributed by atoms with E-state index in [1.807, 2.05) is 6.92 Å². The molecule has 0 saturated heterocycles. The van der Waals surface area contributed by atoms with Gasteiger partial charge >= 0.3 is 5.97 Å². The summed E-state index contributed by atoms with van der Waals surface area (Å²) < 4.78 is 0. The highest BCUT2D eigenvalue weighted by molar-refractivity contribution is 5.94. The molecule has 182 valence electrons. The van der Waals surface area contributed by atoms with Crippen LogP contribution in [0, 0.1) is 5.92 Å². The molecule has 0 bridgehead atoms. The molecule has 0 aliphatic rings. The number of hydrogen-bond donors (Lipinski definition) is 6. The van der Waals surface area contributed by atoms with Crippen molar-refractivity contribution in [3.05, 3.63) is 35.9 Å². The Labute approximate surface area is 192 Å². The Morgan fingerprint density at radius 2 is 1.61 bits per heavy atom. The van der Waals surface area contributed by atoms with E-state index in [1.54, 1.807) is 37.3 Å². The van der Waals surface area contributed by atoms with Crippen LogP contribution in [0.2, 0.25) is 0 Å². The number of benzene rings is 1. The molecule has 0 aromatic heterocycles. The second-order valence-corrected chi connectivity index (χ2v) is 7.79. The van der Waals surface area contributed by atoms with E-state index in [1.165, 1.54) is 0 Å². The molecule has 0 aliphatic carbocycles. The molecule has 0 radical (unpaired) electrons. The SMILES string of the molecule is CCC(C)C(NC(=O)C(CCC(N)=O)NC(=O)CN)C(=O)NC(Cc1ccccc1)C(=O)O. The highest BCUT2D eigenvalue weighted by Crippen LogP contribution is 2.11. The summed E-state index contributed by atoms with van der Waals surface area (Å²) in [4.78, 5) is 60.4.